The maximum absolute atomic E-state index is 12.2. The number of halogens is 1. The van der Waals surface area contributed by atoms with Crippen LogP contribution in [-0.2, 0) is 9.59 Å². The highest BCUT2D eigenvalue weighted by Gasteiger charge is 2.28. The van der Waals surface area contributed by atoms with Crippen molar-refractivity contribution >= 4 is 74.3 Å². The van der Waals surface area contributed by atoms with Gasteiger partial charge in [-0.15, -0.1) is 35.1 Å². The van der Waals surface area contributed by atoms with Crippen LogP contribution in [0.15, 0.2) is 51.0 Å². The van der Waals surface area contributed by atoms with E-state index in [-0.39, 0.29) is 24.0 Å². The summed E-state index contributed by atoms with van der Waals surface area (Å²) in [5.41, 5.74) is 2.65. The second kappa shape index (κ2) is 7.68. The Hall–Kier alpha value is -2.59. The third-order valence-electron chi connectivity index (χ3n) is 4.42. The van der Waals surface area contributed by atoms with E-state index in [0.29, 0.717) is 17.2 Å². The van der Waals surface area contributed by atoms with E-state index in [1.807, 2.05) is 34.3 Å². The zero-order valence-electron chi connectivity index (χ0n) is 14.9. The van der Waals surface area contributed by atoms with Crippen molar-refractivity contribution in [3.8, 4) is 21.8 Å². The molecule has 6 nitrogen and oxygen atoms in total. The monoisotopic (exact) mass is 460 g/mol. The first-order valence-corrected chi connectivity index (χ1v) is 11.0. The summed E-state index contributed by atoms with van der Waals surface area (Å²) in [4.78, 5) is 35.3. The molecule has 0 saturated heterocycles. The molecule has 0 aromatic carbocycles. The highest BCUT2D eigenvalue weighted by atomic mass is 35.5. The predicted octanol–water partition coefficient (Wildman–Crippen LogP) is 4.91. The van der Waals surface area contributed by atoms with E-state index < -0.39 is 5.91 Å². The first-order valence-electron chi connectivity index (χ1n) is 8.31. The Bertz CT molecular complexity index is 1260. The molecule has 10 heteroatoms. The first kappa shape index (κ1) is 19.7. The normalized spacial score (nSPS) is 13.7. The molecule has 0 radical (unpaired) electrons. The lowest BCUT2D eigenvalue weighted by Crippen LogP contribution is -2.24. The van der Waals surface area contributed by atoms with Crippen molar-refractivity contribution in [2.75, 3.05) is 5.32 Å². The van der Waals surface area contributed by atoms with Gasteiger partial charge in [0.2, 0.25) is 0 Å². The van der Waals surface area contributed by atoms with E-state index in [2.05, 4.69) is 16.0 Å². The number of hydrogen-bond acceptors (Lipinski definition) is 8. The third kappa shape index (κ3) is 3.36. The smallest absolute Gasteiger partial charge is 0.275 e. The van der Waals surface area contributed by atoms with Crippen molar-refractivity contribution in [2.45, 2.75) is 6.92 Å². The summed E-state index contributed by atoms with van der Waals surface area (Å²) in [5.74, 6) is 0.278. The Balaban J connectivity index is 0.00000205. The summed E-state index contributed by atoms with van der Waals surface area (Å²) in [6.07, 6.45) is 0. The van der Waals surface area contributed by atoms with Gasteiger partial charge < -0.3 is 5.32 Å². The average molecular weight is 461 g/mol. The molecule has 0 spiro atoms. The molecule has 0 fully saturated rings. The Kier molecular flexibility index (Phi) is 5.22. The quantitative estimate of drug-likeness (QED) is 0.422. The van der Waals surface area contributed by atoms with Crippen LogP contribution in [0.3, 0.4) is 0 Å². The Morgan fingerprint density at radius 3 is 2.55 bits per heavy atom. The van der Waals surface area contributed by atoms with Gasteiger partial charge in [-0.1, -0.05) is 6.07 Å². The highest BCUT2D eigenvalue weighted by molar-refractivity contribution is 7.17. The maximum Gasteiger partial charge on any atom is 0.275 e. The zero-order valence-corrected chi connectivity index (χ0v) is 18.2. The van der Waals surface area contributed by atoms with Gasteiger partial charge in [-0.25, -0.2) is 9.97 Å². The fourth-order valence-corrected chi connectivity index (χ4v) is 5.25. The molecule has 0 saturated carbocycles. The van der Waals surface area contributed by atoms with Crippen molar-refractivity contribution in [2.24, 2.45) is 0 Å². The lowest BCUT2D eigenvalue weighted by molar-refractivity contribution is -0.124. The molecule has 0 bridgehead atoms. The van der Waals surface area contributed by atoms with E-state index in [1.165, 1.54) is 11.3 Å². The summed E-state index contributed by atoms with van der Waals surface area (Å²) in [6, 6.07) is 5.94. The summed E-state index contributed by atoms with van der Waals surface area (Å²) < 4.78 is 0. The van der Waals surface area contributed by atoms with Crippen LogP contribution in [0.4, 0.5) is 5.82 Å². The number of imide groups is 1. The van der Waals surface area contributed by atoms with Gasteiger partial charge in [0.15, 0.2) is 5.82 Å². The van der Waals surface area contributed by atoms with Crippen LogP contribution in [0.1, 0.15) is 6.92 Å². The van der Waals surface area contributed by atoms with E-state index >= 15 is 0 Å². The number of carbonyl (C=O) groups excluding carboxylic acids is 2. The van der Waals surface area contributed by atoms with Gasteiger partial charge in [0.1, 0.15) is 16.3 Å². The minimum absolute atomic E-state index is 0. The molecular weight excluding hydrogens is 448 g/mol. The van der Waals surface area contributed by atoms with E-state index in [9.17, 15) is 9.59 Å². The lowest BCUT2D eigenvalue weighted by atomic mass is 10.1. The summed E-state index contributed by atoms with van der Waals surface area (Å²) in [5, 5.41) is 14.4. The van der Waals surface area contributed by atoms with Crippen LogP contribution in [0, 0.1) is 0 Å². The van der Waals surface area contributed by atoms with Crippen LogP contribution in [0.2, 0.25) is 0 Å². The molecule has 4 aromatic heterocycles. The molecule has 0 atom stereocenters. The lowest BCUT2D eigenvalue weighted by Gasteiger charge is -2.10. The van der Waals surface area contributed by atoms with E-state index in [0.717, 1.165) is 26.2 Å². The third-order valence-corrected chi connectivity index (χ3v) is 6.84. The van der Waals surface area contributed by atoms with Gasteiger partial charge in [0, 0.05) is 16.5 Å². The molecule has 146 valence electrons. The number of anilines is 1. The van der Waals surface area contributed by atoms with Crippen molar-refractivity contribution in [3.05, 3.63) is 51.0 Å². The molecule has 4 aromatic rings. The minimum atomic E-state index is -0.445. The Morgan fingerprint density at radius 2 is 1.90 bits per heavy atom. The summed E-state index contributed by atoms with van der Waals surface area (Å²) in [7, 11) is 0. The summed E-state index contributed by atoms with van der Waals surface area (Å²) >= 11 is 4.70. The molecule has 2 amide bonds. The second-order valence-electron chi connectivity index (χ2n) is 6.12. The van der Waals surface area contributed by atoms with Gasteiger partial charge in [-0.05, 0) is 40.8 Å². The van der Waals surface area contributed by atoms with Crippen LogP contribution in [0.5, 0.6) is 0 Å². The highest BCUT2D eigenvalue weighted by Crippen LogP contribution is 2.40. The molecule has 5 heterocycles. The van der Waals surface area contributed by atoms with Gasteiger partial charge in [-0.2, -0.15) is 11.3 Å². The molecule has 0 unspecified atom stereocenters. The van der Waals surface area contributed by atoms with Crippen molar-refractivity contribution in [1.82, 2.24) is 15.3 Å². The molecule has 1 aliphatic heterocycles. The Morgan fingerprint density at radius 1 is 1.03 bits per heavy atom. The van der Waals surface area contributed by atoms with Crippen LogP contribution >= 0.6 is 46.4 Å². The second-order valence-corrected chi connectivity index (χ2v) is 8.71. The molecule has 2 N–H and O–H groups in total. The van der Waals surface area contributed by atoms with Crippen LogP contribution < -0.4 is 10.6 Å². The molecule has 5 rings (SSSR count). The fraction of sp³-hybridized carbons (Fsp3) is 0.0526. The number of hydrogen-bond donors (Lipinski definition) is 2. The number of nitrogens with one attached hydrogen (secondary N) is 2. The summed E-state index contributed by atoms with van der Waals surface area (Å²) in [6.45, 7) is 1.62. The molecule has 1 aliphatic rings. The van der Waals surface area contributed by atoms with Crippen molar-refractivity contribution < 1.29 is 9.59 Å². The van der Waals surface area contributed by atoms with Gasteiger partial charge in [0.05, 0.1) is 10.3 Å². The zero-order chi connectivity index (χ0) is 19.3. The maximum atomic E-state index is 12.2. The molecule has 29 heavy (non-hydrogen) atoms. The van der Waals surface area contributed by atoms with Gasteiger partial charge >= 0.3 is 0 Å². The fourth-order valence-electron chi connectivity index (χ4n) is 2.99. The van der Waals surface area contributed by atoms with Crippen molar-refractivity contribution in [3.63, 3.8) is 0 Å². The first-order chi connectivity index (χ1) is 13.6. The number of thiophene rings is 3. The van der Waals surface area contributed by atoms with Gasteiger partial charge in [0.25, 0.3) is 11.8 Å². The number of nitrogens with zero attached hydrogens (tertiary/aromatic N) is 2. The SMILES string of the molecule is CC1=C(Nc2nc(-c3cccs3)nc3scc(-c4ccsc4)c23)C(=O)NC1=O.Cl. The Labute approximate surface area is 183 Å². The number of rotatable bonds is 4. The molecular formula is C19H13ClN4O2S3. The number of amides is 2. The van der Waals surface area contributed by atoms with Crippen molar-refractivity contribution in [1.29, 1.82) is 0 Å². The van der Waals surface area contributed by atoms with Gasteiger partial charge in [-0.3, -0.25) is 14.9 Å². The largest absolute Gasteiger partial charge is 0.335 e. The van der Waals surface area contributed by atoms with Crippen LogP contribution in [-0.4, -0.2) is 21.8 Å². The predicted molar refractivity (Wildman–Crippen MR) is 121 cm³/mol. The number of fused-ring (bicyclic) bond motifs is 1. The molecule has 0 aliphatic carbocycles. The number of carbonyl (C=O) groups is 2. The van der Waals surface area contributed by atoms with Crippen LogP contribution in [0.25, 0.3) is 32.0 Å². The van der Waals surface area contributed by atoms with E-state index in [1.54, 1.807) is 29.6 Å². The standard InChI is InChI=1S/C19H12N4O2S3.ClH/c1-9-14(18(25)23-17(9)24)20-16-13-11(10-4-6-26-7-10)8-28-19(13)22-15(21-16)12-3-2-5-27-12;/h2-8H,1H3,(H2,20,21,22,23,24,25);1H. The minimum Gasteiger partial charge on any atom is -0.335 e. The topological polar surface area (TPSA) is 84.0 Å². The number of aromatic nitrogens is 2. The average Bonchev–Trinajstić information content (AvgIpc) is 3.46. The van der Waals surface area contributed by atoms with E-state index in [4.69, 9.17) is 9.97 Å².